The molecule has 0 aliphatic carbocycles. The van der Waals surface area contributed by atoms with Gasteiger partial charge < -0.3 is 10.2 Å². The van der Waals surface area contributed by atoms with Crippen LogP contribution in [0.3, 0.4) is 0 Å². The molecule has 1 aliphatic heterocycles. The highest BCUT2D eigenvalue weighted by Crippen LogP contribution is 2.34. The van der Waals surface area contributed by atoms with Crippen LogP contribution in [0.25, 0.3) is 0 Å². The van der Waals surface area contributed by atoms with Crippen LogP contribution in [0.4, 0.5) is 4.79 Å². The van der Waals surface area contributed by atoms with Crippen LogP contribution < -0.4 is 5.32 Å². The quantitative estimate of drug-likeness (QED) is 0.846. The Morgan fingerprint density at radius 1 is 1.50 bits per heavy atom. The lowest BCUT2D eigenvalue weighted by Gasteiger charge is -2.26. The topological polar surface area (TPSA) is 61.0 Å². The monoisotopic (exact) mass is 250 g/mol. The van der Waals surface area contributed by atoms with E-state index in [1.807, 2.05) is 32.6 Å². The number of hydrogen-bond donors (Lipinski definition) is 2. The maximum Gasteiger partial charge on any atom is 0.318 e. The molecule has 1 aliphatic rings. The fourth-order valence-electron chi connectivity index (χ4n) is 2.69. The lowest BCUT2D eigenvalue weighted by Crippen LogP contribution is -2.42. The van der Waals surface area contributed by atoms with Gasteiger partial charge in [-0.05, 0) is 40.5 Å². The minimum absolute atomic E-state index is 0.0347. The van der Waals surface area contributed by atoms with Crippen LogP contribution in [0.2, 0.25) is 0 Å². The lowest BCUT2D eigenvalue weighted by atomic mass is 10.0. The Hall–Kier alpha value is -1.52. The van der Waals surface area contributed by atoms with Crippen LogP contribution in [0.15, 0.2) is 0 Å². The molecule has 0 radical (unpaired) electrons. The molecule has 100 valence electrons. The first kappa shape index (κ1) is 12.9. The van der Waals surface area contributed by atoms with Gasteiger partial charge in [0, 0.05) is 23.8 Å². The average Bonchev–Trinajstić information content (AvgIpc) is 2.84. The summed E-state index contributed by atoms with van der Waals surface area (Å²) in [7, 11) is 0. The van der Waals surface area contributed by atoms with Crippen LogP contribution in [0, 0.1) is 13.8 Å². The van der Waals surface area contributed by atoms with Gasteiger partial charge >= 0.3 is 6.03 Å². The van der Waals surface area contributed by atoms with E-state index in [0.717, 1.165) is 30.8 Å². The van der Waals surface area contributed by atoms with E-state index in [1.54, 1.807) is 0 Å². The number of hydrogen-bond acceptors (Lipinski definition) is 2. The molecule has 1 fully saturated rings. The number of carbonyl (C=O) groups is 1. The summed E-state index contributed by atoms with van der Waals surface area (Å²) in [6, 6.07) is 0.375. The molecule has 5 heteroatoms. The Kier molecular flexibility index (Phi) is 3.59. The molecule has 1 aromatic heterocycles. The molecule has 2 N–H and O–H groups in total. The van der Waals surface area contributed by atoms with Crippen molar-refractivity contribution in [2.75, 3.05) is 6.54 Å². The van der Waals surface area contributed by atoms with Crippen molar-refractivity contribution in [1.29, 1.82) is 0 Å². The maximum atomic E-state index is 12.2. The number of nitrogens with one attached hydrogen (secondary N) is 2. The summed E-state index contributed by atoms with van der Waals surface area (Å²) in [6.45, 7) is 8.81. The number of urea groups is 1. The van der Waals surface area contributed by atoms with E-state index in [2.05, 4.69) is 15.5 Å². The number of aromatic amines is 1. The van der Waals surface area contributed by atoms with Crippen molar-refractivity contribution in [3.8, 4) is 0 Å². The SMILES string of the molecule is Cc1n[nH]c(C)c1[C@@H]1CCCN1C(=O)NC(C)C. The van der Waals surface area contributed by atoms with Gasteiger partial charge in [0.15, 0.2) is 0 Å². The molecule has 1 saturated heterocycles. The van der Waals surface area contributed by atoms with Crippen molar-refractivity contribution >= 4 is 6.03 Å². The summed E-state index contributed by atoms with van der Waals surface area (Å²) in [5.74, 6) is 0. The molecule has 5 nitrogen and oxygen atoms in total. The van der Waals surface area contributed by atoms with Gasteiger partial charge in [-0.1, -0.05) is 0 Å². The summed E-state index contributed by atoms with van der Waals surface area (Å²) in [5, 5.41) is 10.2. The van der Waals surface area contributed by atoms with Gasteiger partial charge in [0.05, 0.1) is 11.7 Å². The number of rotatable bonds is 2. The summed E-state index contributed by atoms with van der Waals surface area (Å²) in [4.78, 5) is 14.1. The maximum absolute atomic E-state index is 12.2. The first-order chi connectivity index (χ1) is 8.50. The molecule has 0 spiro atoms. The molecule has 0 unspecified atom stereocenters. The number of H-pyrrole nitrogens is 1. The summed E-state index contributed by atoms with van der Waals surface area (Å²) in [5.41, 5.74) is 3.26. The predicted molar refractivity (Wildman–Crippen MR) is 70.4 cm³/mol. The Morgan fingerprint density at radius 3 is 2.78 bits per heavy atom. The second kappa shape index (κ2) is 5.00. The van der Waals surface area contributed by atoms with Crippen molar-refractivity contribution in [2.24, 2.45) is 0 Å². The molecular weight excluding hydrogens is 228 g/mol. The molecule has 1 aromatic rings. The predicted octanol–water partition coefficient (Wildman–Crippen LogP) is 2.28. The number of aromatic nitrogens is 2. The van der Waals surface area contributed by atoms with Crippen molar-refractivity contribution < 1.29 is 4.79 Å². The number of nitrogens with zero attached hydrogens (tertiary/aromatic N) is 2. The molecule has 0 saturated carbocycles. The van der Waals surface area contributed by atoms with Crippen LogP contribution >= 0.6 is 0 Å². The van der Waals surface area contributed by atoms with Crippen LogP contribution in [0.1, 0.15) is 49.7 Å². The second-order valence-corrected chi connectivity index (χ2v) is 5.30. The third-order valence-corrected chi connectivity index (χ3v) is 3.44. The third kappa shape index (κ3) is 2.35. The molecule has 2 heterocycles. The fourth-order valence-corrected chi connectivity index (χ4v) is 2.69. The third-order valence-electron chi connectivity index (χ3n) is 3.44. The first-order valence-electron chi connectivity index (χ1n) is 6.59. The van der Waals surface area contributed by atoms with E-state index >= 15 is 0 Å². The Labute approximate surface area is 108 Å². The standard InChI is InChI=1S/C13H22N4O/c1-8(2)14-13(18)17-7-5-6-11(17)12-9(3)15-16-10(12)4/h8,11H,5-7H2,1-4H3,(H,14,18)(H,15,16)/t11-/m0/s1. The van der Waals surface area contributed by atoms with Crippen LogP contribution in [-0.2, 0) is 0 Å². The minimum Gasteiger partial charge on any atom is -0.336 e. The summed E-state index contributed by atoms with van der Waals surface area (Å²) in [6.07, 6.45) is 2.08. The van der Waals surface area contributed by atoms with Crippen molar-refractivity contribution in [1.82, 2.24) is 20.4 Å². The van der Waals surface area contributed by atoms with Crippen molar-refractivity contribution in [2.45, 2.75) is 52.6 Å². The highest BCUT2D eigenvalue weighted by Gasteiger charge is 2.32. The minimum atomic E-state index is 0.0347. The van der Waals surface area contributed by atoms with Crippen LogP contribution in [-0.4, -0.2) is 33.7 Å². The molecule has 0 bridgehead atoms. The molecule has 1 atom stereocenters. The first-order valence-corrected chi connectivity index (χ1v) is 6.59. The Morgan fingerprint density at radius 2 is 2.22 bits per heavy atom. The van der Waals surface area contributed by atoms with E-state index in [9.17, 15) is 4.79 Å². The number of aryl methyl sites for hydroxylation is 2. The number of amides is 2. The van der Waals surface area contributed by atoms with Crippen LogP contribution in [0.5, 0.6) is 0 Å². The largest absolute Gasteiger partial charge is 0.336 e. The highest BCUT2D eigenvalue weighted by atomic mass is 16.2. The summed E-state index contributed by atoms with van der Waals surface area (Å²) >= 11 is 0. The van der Waals surface area contributed by atoms with Gasteiger partial charge in [0.1, 0.15) is 0 Å². The Balaban J connectivity index is 2.20. The Bertz CT molecular complexity index is 419. The van der Waals surface area contributed by atoms with Gasteiger partial charge in [-0.2, -0.15) is 5.10 Å². The number of likely N-dealkylation sites (tertiary alicyclic amines) is 1. The molecule has 18 heavy (non-hydrogen) atoms. The molecular formula is C13H22N4O. The van der Waals surface area contributed by atoms with E-state index < -0.39 is 0 Å². The van der Waals surface area contributed by atoms with Gasteiger partial charge in [-0.25, -0.2) is 4.79 Å². The smallest absolute Gasteiger partial charge is 0.318 e. The summed E-state index contributed by atoms with van der Waals surface area (Å²) < 4.78 is 0. The van der Waals surface area contributed by atoms with E-state index in [4.69, 9.17) is 0 Å². The normalized spacial score (nSPS) is 19.6. The zero-order chi connectivity index (χ0) is 13.3. The van der Waals surface area contributed by atoms with Crippen molar-refractivity contribution in [3.63, 3.8) is 0 Å². The van der Waals surface area contributed by atoms with E-state index in [1.165, 1.54) is 5.56 Å². The fraction of sp³-hybridized carbons (Fsp3) is 0.692. The van der Waals surface area contributed by atoms with Gasteiger partial charge in [-0.3, -0.25) is 5.10 Å². The van der Waals surface area contributed by atoms with Gasteiger partial charge in [0.2, 0.25) is 0 Å². The molecule has 0 aromatic carbocycles. The second-order valence-electron chi connectivity index (χ2n) is 5.30. The molecule has 2 amide bonds. The average molecular weight is 250 g/mol. The zero-order valence-electron chi connectivity index (χ0n) is 11.6. The van der Waals surface area contributed by atoms with E-state index in [0.29, 0.717) is 0 Å². The van der Waals surface area contributed by atoms with Crippen molar-refractivity contribution in [3.05, 3.63) is 17.0 Å². The highest BCUT2D eigenvalue weighted by molar-refractivity contribution is 5.75. The zero-order valence-corrected chi connectivity index (χ0v) is 11.6. The van der Waals surface area contributed by atoms with Gasteiger partial charge in [0.25, 0.3) is 0 Å². The lowest BCUT2D eigenvalue weighted by molar-refractivity contribution is 0.190. The molecule has 2 rings (SSSR count). The van der Waals surface area contributed by atoms with Gasteiger partial charge in [-0.15, -0.1) is 0 Å². The number of carbonyl (C=O) groups excluding carboxylic acids is 1. The van der Waals surface area contributed by atoms with E-state index in [-0.39, 0.29) is 18.1 Å².